The van der Waals surface area contributed by atoms with Crippen LogP contribution in [0, 0.1) is 0 Å². The van der Waals surface area contributed by atoms with Gasteiger partial charge in [0.05, 0.1) is 11.5 Å². The van der Waals surface area contributed by atoms with Gasteiger partial charge in [-0.3, -0.25) is 4.98 Å². The van der Waals surface area contributed by atoms with E-state index in [1.54, 1.807) is 12.5 Å². The van der Waals surface area contributed by atoms with E-state index in [1.165, 1.54) is 0 Å². The molecule has 0 spiro atoms. The lowest BCUT2D eigenvalue weighted by Crippen LogP contribution is -2.43. The van der Waals surface area contributed by atoms with Crippen LogP contribution in [-0.2, 0) is 0 Å². The lowest BCUT2D eigenvalue weighted by atomic mass is 10.0. The Balaban J connectivity index is 1.48. The van der Waals surface area contributed by atoms with E-state index in [-0.39, 0.29) is 6.17 Å². The van der Waals surface area contributed by atoms with Crippen molar-refractivity contribution >= 4 is 22.4 Å². The van der Waals surface area contributed by atoms with Crippen LogP contribution in [0.5, 0.6) is 0 Å². The minimum Gasteiger partial charge on any atom is -0.446 e. The molecule has 1 unspecified atom stereocenters. The van der Waals surface area contributed by atoms with E-state index in [0.717, 1.165) is 38.5 Å². The molecule has 6 nitrogen and oxygen atoms in total. The van der Waals surface area contributed by atoms with Gasteiger partial charge in [-0.25, -0.2) is 4.99 Å². The van der Waals surface area contributed by atoms with E-state index < -0.39 is 0 Å². The zero-order valence-corrected chi connectivity index (χ0v) is 16.6. The van der Waals surface area contributed by atoms with Crippen molar-refractivity contribution in [3.63, 3.8) is 0 Å². The highest BCUT2D eigenvalue weighted by Gasteiger charge is 2.27. The highest BCUT2D eigenvalue weighted by Crippen LogP contribution is 2.34. The topological polar surface area (TPSA) is 83.4 Å². The molecular weight excluding hydrogens is 386 g/mol. The molecule has 3 N–H and O–H groups in total. The van der Waals surface area contributed by atoms with Crippen molar-refractivity contribution in [3.05, 3.63) is 108 Å². The van der Waals surface area contributed by atoms with Gasteiger partial charge in [0.1, 0.15) is 5.82 Å². The van der Waals surface area contributed by atoms with Crippen LogP contribution >= 0.6 is 0 Å². The lowest BCUT2D eigenvalue weighted by molar-refractivity contribution is 0.483. The molecule has 4 heterocycles. The smallest absolute Gasteiger partial charge is 0.227 e. The number of hydrogen-bond donors (Lipinski definition) is 2. The van der Waals surface area contributed by atoms with E-state index >= 15 is 0 Å². The molecular formula is C25H19N5O. The van der Waals surface area contributed by atoms with Crippen LogP contribution < -0.4 is 21.4 Å². The second-order valence-electron chi connectivity index (χ2n) is 7.51. The van der Waals surface area contributed by atoms with Crippen molar-refractivity contribution in [1.82, 2.24) is 9.97 Å². The van der Waals surface area contributed by atoms with Gasteiger partial charge in [-0.1, -0.05) is 24.3 Å². The van der Waals surface area contributed by atoms with Gasteiger partial charge in [-0.2, -0.15) is 0 Å². The van der Waals surface area contributed by atoms with Gasteiger partial charge in [-0.05, 0) is 64.5 Å². The molecule has 0 amide bonds. The molecule has 0 fully saturated rings. The maximum absolute atomic E-state index is 6.64. The van der Waals surface area contributed by atoms with Crippen molar-refractivity contribution < 1.29 is 4.42 Å². The maximum Gasteiger partial charge on any atom is 0.227 e. The second kappa shape index (κ2) is 6.88. The first-order chi connectivity index (χ1) is 15.3. The molecule has 1 atom stereocenters. The zero-order valence-electron chi connectivity index (χ0n) is 16.6. The monoisotopic (exact) mass is 405 g/mol. The number of anilines is 1. The van der Waals surface area contributed by atoms with E-state index in [1.807, 2.05) is 30.6 Å². The molecule has 1 aliphatic heterocycles. The van der Waals surface area contributed by atoms with Gasteiger partial charge in [0.2, 0.25) is 5.55 Å². The molecule has 1 aliphatic rings. The Kier molecular flexibility index (Phi) is 3.89. The average molecular weight is 405 g/mol. The summed E-state index contributed by atoms with van der Waals surface area (Å²) < 4.78 is 5.60. The van der Waals surface area contributed by atoms with Crippen LogP contribution in [0.25, 0.3) is 27.9 Å². The summed E-state index contributed by atoms with van der Waals surface area (Å²) in [6.45, 7) is 0. The summed E-state index contributed by atoms with van der Waals surface area (Å²) in [6, 6.07) is 22.5. The third kappa shape index (κ3) is 2.88. The Morgan fingerprint density at radius 3 is 2.71 bits per heavy atom. The molecule has 6 rings (SSSR count). The van der Waals surface area contributed by atoms with E-state index in [0.29, 0.717) is 11.4 Å². The Morgan fingerprint density at radius 2 is 1.87 bits per heavy atom. The Bertz CT molecular complexity index is 1500. The zero-order chi connectivity index (χ0) is 20.8. The number of benzene rings is 2. The van der Waals surface area contributed by atoms with Gasteiger partial charge >= 0.3 is 0 Å². The molecule has 0 saturated carbocycles. The van der Waals surface area contributed by atoms with Crippen LogP contribution in [0.3, 0.4) is 0 Å². The normalized spacial score (nSPS) is 15.7. The molecule has 0 saturated heterocycles. The summed E-state index contributed by atoms with van der Waals surface area (Å²) >= 11 is 0. The molecule has 0 radical (unpaired) electrons. The summed E-state index contributed by atoms with van der Waals surface area (Å²) in [5.74, 6) is 0.618. The third-order valence-corrected chi connectivity index (χ3v) is 5.68. The number of fused-ring (bicyclic) bond motifs is 2. The van der Waals surface area contributed by atoms with Crippen LogP contribution in [0.4, 0.5) is 5.69 Å². The van der Waals surface area contributed by atoms with Crippen molar-refractivity contribution in [2.75, 3.05) is 4.90 Å². The Morgan fingerprint density at radius 1 is 0.968 bits per heavy atom. The van der Waals surface area contributed by atoms with Crippen molar-refractivity contribution in [2.45, 2.75) is 6.17 Å². The Labute approximate surface area is 178 Å². The number of nitrogens with two attached hydrogens (primary N) is 1. The SMILES string of the molecule is NC1=c2ccoc2=NC(c2ccc3[nH]ccc3c2)N1c1ccc(-c2cccnc2)cc1. The molecule has 150 valence electrons. The predicted octanol–water partition coefficient (Wildman–Crippen LogP) is 3.69. The number of pyridine rings is 1. The average Bonchev–Trinajstić information content (AvgIpc) is 3.49. The summed E-state index contributed by atoms with van der Waals surface area (Å²) in [5, 5.41) is 1.93. The Hall–Kier alpha value is -4.32. The quantitative estimate of drug-likeness (QED) is 0.480. The molecule has 3 aromatic heterocycles. The summed E-state index contributed by atoms with van der Waals surface area (Å²) in [4.78, 5) is 14.4. The number of nitrogens with one attached hydrogen (secondary N) is 1. The first-order valence-corrected chi connectivity index (χ1v) is 10.1. The first kappa shape index (κ1) is 17.5. The number of rotatable bonds is 3. The number of aromatic nitrogens is 2. The molecule has 6 heteroatoms. The van der Waals surface area contributed by atoms with Crippen molar-refractivity contribution in [3.8, 4) is 11.1 Å². The minimum atomic E-state index is -0.331. The number of furan rings is 1. The van der Waals surface area contributed by atoms with Crippen molar-refractivity contribution in [1.29, 1.82) is 0 Å². The molecule has 0 aliphatic carbocycles. The summed E-state index contributed by atoms with van der Waals surface area (Å²) in [5.41, 5.74) is 12.4. The highest BCUT2D eigenvalue weighted by molar-refractivity contribution is 5.81. The van der Waals surface area contributed by atoms with Crippen molar-refractivity contribution in [2.24, 2.45) is 10.7 Å². The standard InChI is InChI=1S/C25H19N5O/c26-23-21-10-13-31-25(21)29-24(18-5-8-22-17(14-18)9-12-28-22)30(23)20-6-3-16(4-7-20)19-2-1-11-27-15-19/h1-15,24,28H,26H2. The van der Waals surface area contributed by atoms with Crippen LogP contribution in [0.15, 0.2) is 101 Å². The lowest BCUT2D eigenvalue weighted by Gasteiger charge is -2.33. The van der Waals surface area contributed by atoms with Gasteiger partial charge in [0.15, 0.2) is 6.17 Å². The highest BCUT2D eigenvalue weighted by atomic mass is 16.3. The number of H-pyrrole nitrogens is 1. The molecule has 31 heavy (non-hydrogen) atoms. The van der Waals surface area contributed by atoms with Gasteiger partial charge in [-0.15, -0.1) is 0 Å². The summed E-state index contributed by atoms with van der Waals surface area (Å²) in [6.07, 6.45) is 6.87. The fraction of sp³-hybridized carbons (Fsp3) is 0.0400. The fourth-order valence-corrected chi connectivity index (χ4v) is 4.11. The molecule has 0 bridgehead atoms. The molecule has 5 aromatic rings. The van der Waals surface area contributed by atoms with E-state index in [9.17, 15) is 0 Å². The minimum absolute atomic E-state index is 0.331. The first-order valence-electron chi connectivity index (χ1n) is 10.1. The number of aromatic amines is 1. The number of hydrogen-bond acceptors (Lipinski definition) is 5. The van der Waals surface area contributed by atoms with Crippen LogP contribution in [0.2, 0.25) is 0 Å². The van der Waals surface area contributed by atoms with Crippen LogP contribution in [0.1, 0.15) is 11.7 Å². The van der Waals surface area contributed by atoms with Gasteiger partial charge in [0.25, 0.3) is 0 Å². The second-order valence-corrected chi connectivity index (χ2v) is 7.51. The maximum atomic E-state index is 6.64. The fourth-order valence-electron chi connectivity index (χ4n) is 4.11. The predicted molar refractivity (Wildman–Crippen MR) is 120 cm³/mol. The van der Waals surface area contributed by atoms with Gasteiger partial charge in [0, 0.05) is 29.8 Å². The number of nitrogens with zero attached hydrogens (tertiary/aromatic N) is 3. The van der Waals surface area contributed by atoms with E-state index in [4.69, 9.17) is 15.1 Å². The van der Waals surface area contributed by atoms with E-state index in [2.05, 4.69) is 63.4 Å². The molecule has 2 aromatic carbocycles. The van der Waals surface area contributed by atoms with Gasteiger partial charge < -0.3 is 20.0 Å². The third-order valence-electron chi connectivity index (χ3n) is 5.68. The van der Waals surface area contributed by atoms with Crippen LogP contribution in [-0.4, -0.2) is 9.97 Å². The summed E-state index contributed by atoms with van der Waals surface area (Å²) in [7, 11) is 0. The largest absolute Gasteiger partial charge is 0.446 e.